The van der Waals surface area contributed by atoms with Gasteiger partial charge in [0.1, 0.15) is 0 Å². The molecule has 0 saturated carbocycles. The maximum Gasteiger partial charge on any atom is 0.252 e. The highest BCUT2D eigenvalue weighted by molar-refractivity contribution is 7.26. The summed E-state index contributed by atoms with van der Waals surface area (Å²) in [4.78, 5) is 5.23. The topological polar surface area (TPSA) is 11.4 Å². The molecule has 0 N–H and O–H groups in total. The van der Waals surface area contributed by atoms with Crippen molar-refractivity contribution in [1.82, 2.24) is 4.57 Å². The summed E-state index contributed by atoms with van der Waals surface area (Å²) in [6.45, 7) is 30.3. The normalized spacial score (nSPS) is 13.3. The van der Waals surface area contributed by atoms with Crippen LogP contribution in [0, 0.1) is 13.8 Å². The van der Waals surface area contributed by atoms with E-state index >= 15 is 0 Å². The third kappa shape index (κ3) is 7.35. The highest BCUT2D eigenvalue weighted by atomic mass is 32.1. The summed E-state index contributed by atoms with van der Waals surface area (Å²) in [6, 6.07) is 59.2. The minimum absolute atomic E-state index is 0.00289. The Labute approximate surface area is 438 Å². The van der Waals surface area contributed by atoms with Crippen LogP contribution in [-0.2, 0) is 29.1 Å². The zero-order valence-electron chi connectivity index (χ0n) is 45.2. The molecule has 0 bridgehead atoms. The Morgan fingerprint density at radius 1 is 0.507 bits per heavy atom. The van der Waals surface area contributed by atoms with Gasteiger partial charge in [0.15, 0.2) is 0 Å². The van der Waals surface area contributed by atoms with Crippen molar-refractivity contribution in [2.24, 2.45) is 0 Å². The molecule has 0 atom stereocenters. The van der Waals surface area contributed by atoms with Gasteiger partial charge < -0.3 is 14.4 Å². The maximum atomic E-state index is 2.70. The van der Waals surface area contributed by atoms with E-state index in [4.69, 9.17) is 0 Å². The van der Waals surface area contributed by atoms with Crippen molar-refractivity contribution >= 4 is 99.6 Å². The molecule has 10 aromatic rings. The van der Waals surface area contributed by atoms with Gasteiger partial charge in [-0.05, 0) is 153 Å². The molecule has 0 spiro atoms. The van der Waals surface area contributed by atoms with E-state index in [1.165, 1.54) is 132 Å². The fraction of sp³-hybridized carbons (Fsp3) is 0.265. The van der Waals surface area contributed by atoms with Gasteiger partial charge in [-0.1, -0.05) is 173 Å². The lowest BCUT2D eigenvalue weighted by atomic mass is 9.33. The predicted octanol–water partition coefficient (Wildman–Crippen LogP) is 17.4. The van der Waals surface area contributed by atoms with Crippen LogP contribution in [0.2, 0.25) is 0 Å². The summed E-state index contributed by atoms with van der Waals surface area (Å²) in [5.74, 6) is 0. The number of nitrogens with zero attached hydrogens (tertiary/aromatic N) is 3. The van der Waals surface area contributed by atoms with Gasteiger partial charge in [0.25, 0.3) is 6.71 Å². The average molecular weight is 970 g/mol. The second-order valence-electron chi connectivity index (χ2n) is 24.0. The van der Waals surface area contributed by atoms with Crippen LogP contribution in [0.1, 0.15) is 115 Å². The van der Waals surface area contributed by atoms with Crippen molar-refractivity contribution in [2.75, 3.05) is 9.80 Å². The van der Waals surface area contributed by atoms with Crippen LogP contribution in [0.15, 0.2) is 152 Å². The molecule has 0 fully saturated rings. The molecule has 2 aliphatic heterocycles. The Balaban J connectivity index is 1.22. The largest absolute Gasteiger partial charge is 0.311 e. The molecule has 8 aromatic carbocycles. The van der Waals surface area contributed by atoms with Crippen molar-refractivity contribution < 1.29 is 0 Å². The van der Waals surface area contributed by atoms with Crippen LogP contribution in [0.5, 0.6) is 0 Å². The quantitative estimate of drug-likeness (QED) is 0.147. The minimum Gasteiger partial charge on any atom is -0.311 e. The summed E-state index contributed by atoms with van der Waals surface area (Å²) in [7, 11) is 0. The summed E-state index contributed by atoms with van der Waals surface area (Å²) in [5, 5.41) is 3.96. The Kier molecular flexibility index (Phi) is 10.9. The van der Waals surface area contributed by atoms with Crippen molar-refractivity contribution in [2.45, 2.75) is 119 Å². The second-order valence-corrected chi connectivity index (χ2v) is 25.1. The Morgan fingerprint density at radius 2 is 1.12 bits per heavy atom. The number of anilines is 6. The van der Waals surface area contributed by atoms with E-state index in [2.05, 4.69) is 256 Å². The van der Waals surface area contributed by atoms with Crippen LogP contribution < -0.4 is 26.2 Å². The van der Waals surface area contributed by atoms with Crippen LogP contribution in [0.25, 0.3) is 48.0 Å². The number of aromatic nitrogens is 1. The monoisotopic (exact) mass is 970 g/mol. The summed E-state index contributed by atoms with van der Waals surface area (Å²) < 4.78 is 5.31. The second kappa shape index (κ2) is 16.9. The first kappa shape index (κ1) is 47.2. The molecule has 4 heterocycles. The van der Waals surface area contributed by atoms with Gasteiger partial charge >= 0.3 is 0 Å². The molecule has 73 heavy (non-hydrogen) atoms. The number of benzene rings is 8. The predicted molar refractivity (Wildman–Crippen MR) is 320 cm³/mol. The first-order chi connectivity index (χ1) is 34.9. The van der Waals surface area contributed by atoms with E-state index < -0.39 is 0 Å². The van der Waals surface area contributed by atoms with Crippen molar-refractivity contribution in [3.05, 3.63) is 191 Å². The lowest BCUT2D eigenvalue weighted by Gasteiger charge is -2.42. The van der Waals surface area contributed by atoms with E-state index in [0.29, 0.717) is 0 Å². The Morgan fingerprint density at radius 3 is 1.78 bits per heavy atom. The zero-order valence-corrected chi connectivity index (χ0v) is 46.0. The van der Waals surface area contributed by atoms with E-state index in [9.17, 15) is 0 Å². The van der Waals surface area contributed by atoms with Crippen LogP contribution in [0.4, 0.5) is 34.1 Å². The third-order valence-electron chi connectivity index (χ3n) is 16.3. The van der Waals surface area contributed by atoms with E-state index in [-0.39, 0.29) is 23.0 Å². The fourth-order valence-corrected chi connectivity index (χ4v) is 13.5. The first-order valence-electron chi connectivity index (χ1n) is 26.7. The van der Waals surface area contributed by atoms with Gasteiger partial charge in [-0.3, -0.25) is 0 Å². The van der Waals surface area contributed by atoms with Crippen molar-refractivity contribution in [3.8, 4) is 16.9 Å². The van der Waals surface area contributed by atoms with Gasteiger partial charge in [-0.25, -0.2) is 0 Å². The molecule has 0 aliphatic carbocycles. The molecule has 0 saturated heterocycles. The number of aryl methyl sites for hydroxylation is 4. The smallest absolute Gasteiger partial charge is 0.252 e. The zero-order chi connectivity index (χ0) is 51.0. The summed E-state index contributed by atoms with van der Waals surface area (Å²) >= 11 is 1.90. The molecule has 2 aromatic heterocycles. The van der Waals surface area contributed by atoms with Gasteiger partial charge in [-0.15, -0.1) is 11.3 Å². The SMILES string of the molecule is CCc1ccccc1-c1c(CC)c2cccc3c2n1-c1cc(C(C)(C)C)cc2c1B3c1ccc(N(c3ccc(C(C)(C)C)cc3C)c3ccc(C(C)(C)C)cc3C)cc1N2c1cccc2sc3ccccc3c12. The van der Waals surface area contributed by atoms with E-state index in [0.717, 1.165) is 18.5 Å². The van der Waals surface area contributed by atoms with Crippen LogP contribution in [0.3, 0.4) is 0 Å². The van der Waals surface area contributed by atoms with Crippen LogP contribution >= 0.6 is 11.3 Å². The molecule has 0 amide bonds. The molecule has 12 rings (SSSR count). The highest BCUT2D eigenvalue weighted by Crippen LogP contribution is 2.51. The molecule has 5 heteroatoms. The average Bonchev–Trinajstić information content (AvgIpc) is 3.92. The lowest BCUT2D eigenvalue weighted by molar-refractivity contribution is 0.589. The number of hydrogen-bond acceptors (Lipinski definition) is 3. The minimum atomic E-state index is -0.140. The maximum absolute atomic E-state index is 2.70. The van der Waals surface area contributed by atoms with Crippen molar-refractivity contribution in [3.63, 3.8) is 0 Å². The third-order valence-corrected chi connectivity index (χ3v) is 17.4. The number of rotatable bonds is 7. The lowest BCUT2D eigenvalue weighted by Crippen LogP contribution is -2.60. The molecule has 3 nitrogen and oxygen atoms in total. The van der Waals surface area contributed by atoms with Gasteiger partial charge in [0.2, 0.25) is 0 Å². The standard InChI is InChI=1S/C68H68BN3S/c1-14-43-22-16-17-23-49(43)64-48(15-2)50-25-20-26-53-65(50)72(64)59-39-46(68(11,12)13)38-58-63(59)69(53)52-33-32-47(40-57(52)71(58)56-27-21-29-61-62(56)51-24-18-19-28-60(51)73-61)70(54-34-30-44(36-41(54)3)66(5,6)7)55-35-31-45(37-42(55)4)67(8,9)10/h16-40H,14-15H2,1-13H3. The van der Waals surface area contributed by atoms with E-state index in [1.54, 1.807) is 0 Å². The van der Waals surface area contributed by atoms with Gasteiger partial charge in [-0.2, -0.15) is 0 Å². The van der Waals surface area contributed by atoms with Gasteiger partial charge in [0.05, 0.1) is 11.4 Å². The Bertz CT molecular complexity index is 3820. The molecule has 0 radical (unpaired) electrons. The number of fused-ring (bicyclic) bond motifs is 7. The fourth-order valence-electron chi connectivity index (χ4n) is 12.4. The molecular weight excluding hydrogens is 902 g/mol. The summed E-state index contributed by atoms with van der Waals surface area (Å²) in [5.41, 5.74) is 25.8. The molecule has 0 unspecified atom stereocenters. The van der Waals surface area contributed by atoms with Gasteiger partial charge in [0, 0.05) is 70.8 Å². The Hall–Kier alpha value is -6.82. The van der Waals surface area contributed by atoms with Crippen LogP contribution in [-0.4, -0.2) is 11.3 Å². The highest BCUT2D eigenvalue weighted by Gasteiger charge is 2.44. The molecule has 2 aliphatic rings. The van der Waals surface area contributed by atoms with E-state index in [1.807, 2.05) is 11.3 Å². The molecule has 364 valence electrons. The number of thiophene rings is 1. The summed E-state index contributed by atoms with van der Waals surface area (Å²) in [6.07, 6.45) is 1.91. The van der Waals surface area contributed by atoms with Crippen molar-refractivity contribution in [1.29, 1.82) is 0 Å². The number of para-hydroxylation sites is 1. The number of hydrogen-bond donors (Lipinski definition) is 0. The first-order valence-corrected chi connectivity index (χ1v) is 27.5. The molecular formula is C68H68BN3S.